The van der Waals surface area contributed by atoms with Gasteiger partial charge in [0.25, 0.3) is 0 Å². The molecule has 1 aromatic heterocycles. The predicted molar refractivity (Wildman–Crippen MR) is 78.7 cm³/mol. The molecule has 1 heterocycles. The fourth-order valence-electron chi connectivity index (χ4n) is 3.41. The fourth-order valence-corrected chi connectivity index (χ4v) is 3.41. The summed E-state index contributed by atoms with van der Waals surface area (Å²) in [7, 11) is 0. The van der Waals surface area contributed by atoms with E-state index in [1.807, 2.05) is 17.7 Å². The SMILES string of the molecule is CCn1nc(C)cc1CC1(C(=O)O)CCCCCCC1. The molecule has 0 aromatic carbocycles. The lowest BCUT2D eigenvalue weighted by molar-refractivity contribution is -0.150. The van der Waals surface area contributed by atoms with E-state index in [9.17, 15) is 9.90 Å². The molecule has 0 spiro atoms. The normalized spacial score (nSPS) is 19.3. The van der Waals surface area contributed by atoms with E-state index in [0.29, 0.717) is 6.42 Å². The number of carboxylic acid groups (broad SMARTS) is 1. The first-order valence-corrected chi connectivity index (χ1v) is 7.84. The van der Waals surface area contributed by atoms with Crippen LogP contribution in [-0.2, 0) is 17.8 Å². The number of aromatic nitrogens is 2. The van der Waals surface area contributed by atoms with E-state index in [4.69, 9.17) is 0 Å². The quantitative estimate of drug-likeness (QED) is 0.916. The predicted octanol–water partition coefficient (Wildman–Crippen LogP) is 3.57. The Hall–Kier alpha value is -1.32. The lowest BCUT2D eigenvalue weighted by Crippen LogP contribution is -2.35. The maximum absolute atomic E-state index is 11.9. The number of hydrogen-bond donors (Lipinski definition) is 1. The highest BCUT2D eigenvalue weighted by atomic mass is 16.4. The monoisotopic (exact) mass is 278 g/mol. The summed E-state index contributed by atoms with van der Waals surface area (Å²) in [6.45, 7) is 4.83. The third-order valence-corrected chi connectivity index (χ3v) is 4.57. The van der Waals surface area contributed by atoms with Crippen LogP contribution >= 0.6 is 0 Å². The second-order valence-corrected chi connectivity index (χ2v) is 6.12. The van der Waals surface area contributed by atoms with Gasteiger partial charge in [0.05, 0.1) is 11.1 Å². The molecule has 1 aromatic rings. The van der Waals surface area contributed by atoms with E-state index in [0.717, 1.165) is 43.6 Å². The van der Waals surface area contributed by atoms with E-state index in [2.05, 4.69) is 12.0 Å². The van der Waals surface area contributed by atoms with Gasteiger partial charge in [0, 0.05) is 18.7 Å². The minimum absolute atomic E-state index is 0.584. The van der Waals surface area contributed by atoms with Crippen LogP contribution < -0.4 is 0 Å². The Morgan fingerprint density at radius 3 is 2.45 bits per heavy atom. The zero-order chi connectivity index (χ0) is 14.6. The van der Waals surface area contributed by atoms with Gasteiger partial charge in [0.1, 0.15) is 0 Å². The van der Waals surface area contributed by atoms with Crippen LogP contribution in [0.1, 0.15) is 63.3 Å². The Morgan fingerprint density at radius 1 is 1.30 bits per heavy atom. The minimum Gasteiger partial charge on any atom is -0.481 e. The number of carboxylic acids is 1. The average molecular weight is 278 g/mol. The molecule has 20 heavy (non-hydrogen) atoms. The van der Waals surface area contributed by atoms with Gasteiger partial charge < -0.3 is 5.11 Å². The van der Waals surface area contributed by atoms with Gasteiger partial charge in [-0.3, -0.25) is 9.48 Å². The van der Waals surface area contributed by atoms with E-state index in [-0.39, 0.29) is 0 Å². The molecule has 0 amide bonds. The van der Waals surface area contributed by atoms with Crippen molar-refractivity contribution < 1.29 is 9.90 Å². The van der Waals surface area contributed by atoms with Crippen molar-refractivity contribution in [3.05, 3.63) is 17.5 Å². The number of carbonyl (C=O) groups is 1. The van der Waals surface area contributed by atoms with Gasteiger partial charge in [0.2, 0.25) is 0 Å². The lowest BCUT2D eigenvalue weighted by Gasteiger charge is -2.31. The molecule has 1 N–H and O–H groups in total. The van der Waals surface area contributed by atoms with Crippen LogP contribution in [0.4, 0.5) is 0 Å². The van der Waals surface area contributed by atoms with Gasteiger partial charge in [-0.2, -0.15) is 5.10 Å². The van der Waals surface area contributed by atoms with Crippen LogP contribution in [-0.4, -0.2) is 20.9 Å². The highest BCUT2D eigenvalue weighted by molar-refractivity contribution is 5.75. The summed E-state index contributed by atoms with van der Waals surface area (Å²) in [5, 5.41) is 14.3. The molecular weight excluding hydrogens is 252 g/mol. The largest absolute Gasteiger partial charge is 0.481 e. The van der Waals surface area contributed by atoms with Gasteiger partial charge in [-0.15, -0.1) is 0 Å². The van der Waals surface area contributed by atoms with Crippen molar-refractivity contribution in [1.29, 1.82) is 0 Å². The Bertz CT molecular complexity index is 457. The molecule has 0 aliphatic heterocycles. The fraction of sp³-hybridized carbons (Fsp3) is 0.750. The van der Waals surface area contributed by atoms with Crippen molar-refractivity contribution in [3.63, 3.8) is 0 Å². The summed E-state index contributed by atoms with van der Waals surface area (Å²) >= 11 is 0. The topological polar surface area (TPSA) is 55.1 Å². The number of rotatable bonds is 4. The third-order valence-electron chi connectivity index (χ3n) is 4.57. The van der Waals surface area contributed by atoms with Gasteiger partial charge in [-0.1, -0.05) is 32.1 Å². The molecule has 1 aliphatic rings. The summed E-state index contributed by atoms with van der Waals surface area (Å²) < 4.78 is 1.96. The van der Waals surface area contributed by atoms with Gasteiger partial charge in [-0.05, 0) is 32.8 Å². The molecule has 4 heteroatoms. The first kappa shape index (κ1) is 15.1. The molecule has 2 rings (SSSR count). The van der Waals surface area contributed by atoms with Gasteiger partial charge >= 0.3 is 5.97 Å². The average Bonchev–Trinajstić information content (AvgIpc) is 2.72. The molecule has 0 radical (unpaired) electrons. The second kappa shape index (κ2) is 6.42. The third kappa shape index (κ3) is 3.22. The molecule has 112 valence electrons. The number of aryl methyl sites for hydroxylation is 2. The molecule has 0 atom stereocenters. The molecule has 4 nitrogen and oxygen atoms in total. The van der Waals surface area contributed by atoms with E-state index in [1.165, 1.54) is 19.3 Å². The lowest BCUT2D eigenvalue weighted by atomic mass is 9.73. The molecule has 0 unspecified atom stereocenters. The molecule has 1 fully saturated rings. The van der Waals surface area contributed by atoms with Crippen molar-refractivity contribution in [2.75, 3.05) is 0 Å². The zero-order valence-corrected chi connectivity index (χ0v) is 12.7. The smallest absolute Gasteiger partial charge is 0.310 e. The molecule has 1 saturated carbocycles. The highest BCUT2D eigenvalue weighted by Crippen LogP contribution is 2.37. The van der Waals surface area contributed by atoms with E-state index < -0.39 is 11.4 Å². The van der Waals surface area contributed by atoms with Crippen LogP contribution in [0.5, 0.6) is 0 Å². The molecular formula is C16H26N2O2. The summed E-state index contributed by atoms with van der Waals surface area (Å²) in [4.78, 5) is 11.9. The summed E-state index contributed by atoms with van der Waals surface area (Å²) in [5.41, 5.74) is 1.47. The van der Waals surface area contributed by atoms with Crippen molar-refractivity contribution in [2.45, 2.75) is 71.8 Å². The summed E-state index contributed by atoms with van der Waals surface area (Å²) in [5.74, 6) is -0.624. The maximum atomic E-state index is 11.9. The Labute approximate surface area is 121 Å². The van der Waals surface area contributed by atoms with Crippen LogP contribution in [0.3, 0.4) is 0 Å². The minimum atomic E-state index is -0.624. The first-order valence-electron chi connectivity index (χ1n) is 7.84. The maximum Gasteiger partial charge on any atom is 0.310 e. The molecule has 1 aliphatic carbocycles. The van der Waals surface area contributed by atoms with Gasteiger partial charge in [-0.25, -0.2) is 0 Å². The van der Waals surface area contributed by atoms with Crippen molar-refractivity contribution in [1.82, 2.24) is 9.78 Å². The first-order chi connectivity index (χ1) is 9.57. The van der Waals surface area contributed by atoms with Crippen LogP contribution in [0, 0.1) is 12.3 Å². The van der Waals surface area contributed by atoms with Crippen molar-refractivity contribution in [3.8, 4) is 0 Å². The summed E-state index contributed by atoms with van der Waals surface area (Å²) in [6, 6.07) is 2.05. The Kier molecular flexibility index (Phi) is 4.84. The Morgan fingerprint density at radius 2 is 1.90 bits per heavy atom. The zero-order valence-electron chi connectivity index (χ0n) is 12.7. The van der Waals surface area contributed by atoms with E-state index >= 15 is 0 Å². The second-order valence-electron chi connectivity index (χ2n) is 6.12. The number of aliphatic carboxylic acids is 1. The number of hydrogen-bond acceptors (Lipinski definition) is 2. The molecule has 0 saturated heterocycles. The summed E-state index contributed by atoms with van der Waals surface area (Å²) in [6.07, 6.45) is 7.88. The van der Waals surface area contributed by atoms with Crippen molar-refractivity contribution in [2.24, 2.45) is 5.41 Å². The standard InChI is InChI=1S/C16H26N2O2/c1-3-18-14(11-13(2)17-18)12-16(15(19)20)9-7-5-4-6-8-10-16/h11H,3-10,12H2,1-2H3,(H,19,20). The van der Waals surface area contributed by atoms with Crippen LogP contribution in [0.15, 0.2) is 6.07 Å². The van der Waals surface area contributed by atoms with Crippen molar-refractivity contribution >= 4 is 5.97 Å². The number of nitrogens with zero attached hydrogens (tertiary/aromatic N) is 2. The van der Waals surface area contributed by atoms with Gasteiger partial charge in [0.15, 0.2) is 0 Å². The molecule has 0 bridgehead atoms. The van der Waals surface area contributed by atoms with E-state index in [1.54, 1.807) is 0 Å². The highest BCUT2D eigenvalue weighted by Gasteiger charge is 2.39. The van der Waals surface area contributed by atoms with Crippen LogP contribution in [0.25, 0.3) is 0 Å². The van der Waals surface area contributed by atoms with Crippen LogP contribution in [0.2, 0.25) is 0 Å². The Balaban J connectivity index is 2.25.